The summed E-state index contributed by atoms with van der Waals surface area (Å²) in [5.41, 5.74) is 7.93. The summed E-state index contributed by atoms with van der Waals surface area (Å²) in [6.07, 6.45) is 7.14. The minimum Gasteiger partial charge on any atom is -0.480 e. The smallest absolute Gasteiger partial charge is 0.255 e. The number of fused-ring (bicyclic) bond motifs is 12. The van der Waals surface area contributed by atoms with E-state index >= 15 is 0 Å². The molecule has 4 aromatic carbocycles. The second-order valence-corrected chi connectivity index (χ2v) is 25.0. The quantitative estimate of drug-likeness (QED) is 0.115. The lowest BCUT2D eigenvalue weighted by Crippen LogP contribution is -2.25. The number of benzene rings is 4. The van der Waals surface area contributed by atoms with Crippen LogP contribution in [0.15, 0.2) is 137 Å². The molecule has 0 saturated heterocycles. The minimum atomic E-state index is -3.75. The molecule has 452 valence electrons. The van der Waals surface area contributed by atoms with Gasteiger partial charge in [0.05, 0.1) is 93.3 Å². The molecule has 89 heavy (non-hydrogen) atoms. The SMILES string of the molecule is CCn1cc(-c2oc3cc(N(C)S(C)(=O)=O)c(-c4ccc5c(n4)-c4cc6c(F)cccc6n4CO5)cc3c2C(=O)NC)cn1.CNC(=O)c1c(-c2cccnc2OC)oc2cc(N(C)S(C)(=O)=O)c(-c3ccc4c(n3)-c3cc5c(F)cccc5n3CO4)cc12. The zero-order chi connectivity index (χ0) is 62.5. The Kier molecular flexibility index (Phi) is 14.0. The maximum absolute atomic E-state index is 14.7. The highest BCUT2D eigenvalue weighted by Crippen LogP contribution is 2.47. The van der Waals surface area contributed by atoms with Crippen molar-refractivity contribution in [2.45, 2.75) is 26.9 Å². The fraction of sp³-hybridized carbons (Fsp3) is 0.175. The van der Waals surface area contributed by atoms with Crippen LogP contribution in [0, 0.1) is 11.6 Å². The van der Waals surface area contributed by atoms with Crippen LogP contribution >= 0.6 is 0 Å². The van der Waals surface area contributed by atoms with E-state index in [0.29, 0.717) is 124 Å². The third-order valence-corrected chi connectivity index (χ3v) is 18.2. The third kappa shape index (κ3) is 9.66. The van der Waals surface area contributed by atoms with Crippen LogP contribution in [0.1, 0.15) is 27.6 Å². The van der Waals surface area contributed by atoms with Gasteiger partial charge in [0.25, 0.3) is 11.8 Å². The highest BCUT2D eigenvalue weighted by atomic mass is 32.2. The number of nitrogens with zero attached hydrogens (tertiary/aromatic N) is 9. The molecule has 2 aliphatic heterocycles. The Bertz CT molecular complexity index is 5190. The molecule has 0 bridgehead atoms. The van der Waals surface area contributed by atoms with E-state index in [9.17, 15) is 35.2 Å². The van der Waals surface area contributed by atoms with E-state index in [1.165, 1.54) is 47.4 Å². The van der Waals surface area contributed by atoms with Gasteiger partial charge in [-0.2, -0.15) is 5.10 Å². The fourth-order valence-corrected chi connectivity index (χ4v) is 12.3. The maximum atomic E-state index is 14.7. The molecule has 26 heteroatoms. The molecule has 0 radical (unpaired) electrons. The van der Waals surface area contributed by atoms with Crippen molar-refractivity contribution in [3.8, 4) is 85.3 Å². The number of sulfonamides is 2. The van der Waals surface area contributed by atoms with E-state index in [1.54, 1.807) is 114 Å². The standard InChI is InChI=1S/C32H26FN5O6S.C31H27FN6O5S/c1-34-31(39)28-20-13-19(22-10-11-26-29(36-22)25-14-18-21(33)8-5-9-23(18)38(25)16-43-26)24(37(2)45(4,40)41)15-27(20)44-30(28)17-7-6-12-35-32(17)42-3;1-5-37-15-17(14-34-37)30-28(31(39)33-2)20-11-19(24(13-27(20)43-30)36(3)44(4,40)41)22-9-10-26-29(35-22)25-12-18-21(32)7-6-8-23(18)38(25)16-42-26/h5-15H,16H2,1-4H3,(H,34,39);6-15H,5,16H2,1-4H3,(H,33,39). The van der Waals surface area contributed by atoms with E-state index in [0.717, 1.165) is 21.1 Å². The first kappa shape index (κ1) is 57.5. The molecule has 8 aromatic heterocycles. The first-order chi connectivity index (χ1) is 42.7. The van der Waals surface area contributed by atoms with Crippen LogP contribution in [0.2, 0.25) is 0 Å². The molecule has 2 aliphatic rings. The molecule has 14 rings (SSSR count). The number of aryl methyl sites for hydroxylation is 1. The summed E-state index contributed by atoms with van der Waals surface area (Å²) >= 11 is 0. The van der Waals surface area contributed by atoms with Crippen molar-refractivity contribution in [2.24, 2.45) is 0 Å². The predicted molar refractivity (Wildman–Crippen MR) is 332 cm³/mol. The summed E-state index contributed by atoms with van der Waals surface area (Å²) in [6.45, 7) is 2.94. The number of aromatic nitrogens is 7. The molecule has 0 spiro atoms. The van der Waals surface area contributed by atoms with E-state index in [1.807, 2.05) is 22.1 Å². The number of rotatable bonds is 12. The Morgan fingerprint density at radius 3 is 1.60 bits per heavy atom. The molecule has 0 aliphatic carbocycles. The average Bonchev–Trinajstić information content (AvgIpc) is 2.15. The van der Waals surface area contributed by atoms with Crippen LogP contribution in [-0.4, -0.2) is 110 Å². The predicted octanol–water partition coefficient (Wildman–Crippen LogP) is 10.7. The van der Waals surface area contributed by atoms with Gasteiger partial charge in [-0.1, -0.05) is 12.1 Å². The van der Waals surface area contributed by atoms with Gasteiger partial charge in [0.1, 0.15) is 45.7 Å². The molecule has 0 saturated carbocycles. The topological polar surface area (TPSA) is 253 Å². The maximum Gasteiger partial charge on any atom is 0.255 e. The zero-order valence-electron chi connectivity index (χ0n) is 48.8. The summed E-state index contributed by atoms with van der Waals surface area (Å²) < 4.78 is 118. The summed E-state index contributed by atoms with van der Waals surface area (Å²) in [7, 11) is -0.101. The number of carbonyl (C=O) groups is 2. The first-order valence-corrected chi connectivity index (χ1v) is 31.3. The normalized spacial score (nSPS) is 12.6. The Hall–Kier alpha value is -10.6. The monoisotopic (exact) mass is 1240 g/mol. The van der Waals surface area contributed by atoms with Crippen molar-refractivity contribution < 1.29 is 58.3 Å². The van der Waals surface area contributed by atoms with Gasteiger partial charge in [-0.25, -0.2) is 40.6 Å². The minimum absolute atomic E-state index is 0.176. The lowest BCUT2D eigenvalue weighted by atomic mass is 10.0. The lowest BCUT2D eigenvalue weighted by Gasteiger charge is -2.23. The van der Waals surface area contributed by atoms with E-state index in [-0.39, 0.29) is 65.0 Å². The van der Waals surface area contributed by atoms with Gasteiger partial charge >= 0.3 is 0 Å². The Morgan fingerprint density at radius 1 is 0.640 bits per heavy atom. The number of hydrogen-bond donors (Lipinski definition) is 2. The number of amides is 2. The van der Waals surface area contributed by atoms with E-state index in [2.05, 4.69) is 20.7 Å². The van der Waals surface area contributed by atoms with E-state index < -0.39 is 26.0 Å². The average molecular weight is 1240 g/mol. The number of hydrogen-bond acceptors (Lipinski definition) is 15. The summed E-state index contributed by atoms with van der Waals surface area (Å²) in [6, 6.07) is 30.0. The molecule has 22 nitrogen and oxygen atoms in total. The highest BCUT2D eigenvalue weighted by molar-refractivity contribution is 7.92. The zero-order valence-corrected chi connectivity index (χ0v) is 50.5. The van der Waals surface area contributed by atoms with Gasteiger partial charge in [-0.15, -0.1) is 0 Å². The number of anilines is 2. The molecule has 2 N–H and O–H groups in total. The van der Waals surface area contributed by atoms with Crippen LogP contribution < -0.4 is 33.5 Å². The Balaban J connectivity index is 0.000000164. The molecular weight excluding hydrogens is 1190 g/mol. The molecule has 0 atom stereocenters. The van der Waals surface area contributed by atoms with Crippen molar-refractivity contribution in [1.82, 2.24) is 44.5 Å². The van der Waals surface area contributed by atoms with Crippen molar-refractivity contribution in [3.63, 3.8) is 0 Å². The van der Waals surface area contributed by atoms with Gasteiger partial charge in [-0.3, -0.25) is 22.9 Å². The largest absolute Gasteiger partial charge is 0.480 e. The third-order valence-electron chi connectivity index (χ3n) is 15.9. The first-order valence-electron chi connectivity index (χ1n) is 27.6. The van der Waals surface area contributed by atoms with Gasteiger partial charge in [-0.05, 0) is 91.9 Å². The van der Waals surface area contributed by atoms with Crippen molar-refractivity contribution in [3.05, 3.63) is 151 Å². The summed E-state index contributed by atoms with van der Waals surface area (Å²) in [5.74, 6) is 0.240. The Morgan fingerprint density at radius 2 is 1.13 bits per heavy atom. The van der Waals surface area contributed by atoms with Crippen LogP contribution in [0.3, 0.4) is 0 Å². The van der Waals surface area contributed by atoms with Crippen LogP contribution in [0.25, 0.3) is 112 Å². The second-order valence-electron chi connectivity index (χ2n) is 21.0. The van der Waals surface area contributed by atoms with Crippen molar-refractivity contribution in [2.75, 3.05) is 56.4 Å². The molecule has 0 fully saturated rings. The van der Waals surface area contributed by atoms with Gasteiger partial charge < -0.3 is 42.8 Å². The number of pyridine rings is 3. The number of ether oxygens (including phenoxy) is 3. The molecule has 12 aromatic rings. The number of methoxy groups -OCH3 is 1. The number of nitrogens with one attached hydrogen (secondary N) is 2. The molecule has 0 unspecified atom stereocenters. The van der Waals surface area contributed by atoms with Crippen LogP contribution in [-0.2, 0) is 40.1 Å². The molecule has 2 amide bonds. The Labute approximate surface area is 506 Å². The van der Waals surface area contributed by atoms with Crippen molar-refractivity contribution >= 4 is 87.0 Å². The number of furan rings is 2. The second kappa shape index (κ2) is 21.7. The van der Waals surface area contributed by atoms with Crippen molar-refractivity contribution in [1.29, 1.82) is 0 Å². The number of halogens is 2. The van der Waals surface area contributed by atoms with Crippen LogP contribution in [0.4, 0.5) is 20.2 Å². The molecule has 10 heterocycles. The van der Waals surface area contributed by atoms with Gasteiger partial charge in [0.2, 0.25) is 25.9 Å². The fourth-order valence-electron chi connectivity index (χ4n) is 11.3. The summed E-state index contributed by atoms with van der Waals surface area (Å²) in [5, 5.41) is 11.4. The number of carbonyl (C=O) groups excluding carboxylic acids is 2. The highest BCUT2D eigenvalue weighted by Gasteiger charge is 2.32. The van der Waals surface area contributed by atoms with Gasteiger partial charge in [0.15, 0.2) is 25.0 Å². The lowest BCUT2D eigenvalue weighted by molar-refractivity contribution is 0.0956. The molecular formula is C63H53F2N11O11S2. The van der Waals surface area contributed by atoms with E-state index in [4.69, 9.17) is 33.0 Å². The summed E-state index contributed by atoms with van der Waals surface area (Å²) in [4.78, 5) is 40.7. The van der Waals surface area contributed by atoms with Crippen LogP contribution in [0.5, 0.6) is 17.4 Å². The van der Waals surface area contributed by atoms with Gasteiger partial charge in [0, 0.05) is 91.9 Å².